The minimum absolute atomic E-state index is 0.683. The van der Waals surface area contributed by atoms with Crippen molar-refractivity contribution >= 4 is 55.7 Å². The van der Waals surface area contributed by atoms with Crippen LogP contribution in [0.1, 0.15) is 28.5 Å². The Morgan fingerprint density at radius 2 is 1.67 bits per heavy atom. The summed E-state index contributed by atoms with van der Waals surface area (Å²) in [6, 6.07) is 20.5. The second-order valence-electron chi connectivity index (χ2n) is 8.33. The van der Waals surface area contributed by atoms with Gasteiger partial charge in [-0.1, -0.05) is 78.9 Å². The first kappa shape index (κ1) is 23.9. The normalized spacial score (nSPS) is 16.1. The maximum atomic E-state index is 6.75. The Hall–Kier alpha value is -3.86. The molecule has 36 heavy (non-hydrogen) atoms. The number of rotatable bonds is 5. The number of allylic oxidation sites excluding steroid dienone is 6. The molecule has 5 rings (SSSR count). The molecule has 176 valence electrons. The van der Waals surface area contributed by atoms with Crippen LogP contribution in [0.2, 0.25) is 5.02 Å². The van der Waals surface area contributed by atoms with Crippen molar-refractivity contribution in [2.45, 2.75) is 6.92 Å². The molecule has 0 saturated heterocycles. The number of hydrogen-bond donors (Lipinski definition) is 0. The van der Waals surface area contributed by atoms with Crippen molar-refractivity contribution in [3.8, 4) is 0 Å². The van der Waals surface area contributed by atoms with E-state index in [1.165, 1.54) is 0 Å². The Labute approximate surface area is 220 Å². The highest BCUT2D eigenvalue weighted by Crippen LogP contribution is 2.37. The number of halogens is 1. The van der Waals surface area contributed by atoms with Gasteiger partial charge >= 0.3 is 0 Å². The topological polar surface area (TPSA) is 37.6 Å². The molecule has 2 heterocycles. The standard InChI is InChI=1S/C31H24ClN3S/c1-20(25-10-4-6-12-27(25)35-21(2)24-9-8-18-34-19-24)22-14-16-23(17-15-22)30(33-3)31-29(32)26-11-5-7-13-28(26)36-31/h4-19H,2H2,1,3H3/b25-20+,33-30?,35-27?. The van der Waals surface area contributed by atoms with Crippen molar-refractivity contribution in [1.82, 2.24) is 4.98 Å². The minimum Gasteiger partial charge on any atom is -0.287 e. The number of benzene rings is 2. The van der Waals surface area contributed by atoms with Crippen molar-refractivity contribution < 1.29 is 0 Å². The smallest absolute Gasteiger partial charge is 0.0830 e. The molecule has 5 heteroatoms. The second-order valence-corrected chi connectivity index (χ2v) is 9.76. The van der Waals surface area contributed by atoms with Gasteiger partial charge in [-0.3, -0.25) is 9.98 Å². The summed E-state index contributed by atoms with van der Waals surface area (Å²) in [4.78, 5) is 14.6. The van der Waals surface area contributed by atoms with Gasteiger partial charge in [-0.05, 0) is 42.3 Å². The number of aliphatic imine (C=N–C) groups is 2. The van der Waals surface area contributed by atoms with E-state index in [9.17, 15) is 0 Å². The summed E-state index contributed by atoms with van der Waals surface area (Å²) in [5, 5.41) is 1.82. The second kappa shape index (κ2) is 10.4. The molecule has 0 unspecified atom stereocenters. The molecule has 3 nitrogen and oxygen atoms in total. The van der Waals surface area contributed by atoms with Crippen LogP contribution in [0.25, 0.3) is 21.4 Å². The summed E-state index contributed by atoms with van der Waals surface area (Å²) >= 11 is 8.42. The van der Waals surface area contributed by atoms with Crippen LogP contribution in [0, 0.1) is 0 Å². The fourth-order valence-electron chi connectivity index (χ4n) is 4.19. The van der Waals surface area contributed by atoms with Crippen LogP contribution in [0.4, 0.5) is 0 Å². The molecule has 1 aliphatic carbocycles. The molecule has 0 bridgehead atoms. The van der Waals surface area contributed by atoms with Crippen molar-refractivity contribution in [2.24, 2.45) is 9.98 Å². The number of aromatic nitrogens is 1. The molecule has 0 atom stereocenters. The minimum atomic E-state index is 0.683. The van der Waals surface area contributed by atoms with Crippen LogP contribution in [0.3, 0.4) is 0 Å². The third-order valence-electron chi connectivity index (χ3n) is 6.12. The molecule has 0 N–H and O–H groups in total. The van der Waals surface area contributed by atoms with Crippen LogP contribution >= 0.6 is 22.9 Å². The SMILES string of the molecule is C=C(N=C1C=CC=C/C1=C(/C)c1ccc(C(=NC)c2sc3ccccc3c2Cl)cc1)c1cccnc1. The van der Waals surface area contributed by atoms with Gasteiger partial charge in [0.2, 0.25) is 0 Å². The monoisotopic (exact) mass is 505 g/mol. The first-order valence-electron chi connectivity index (χ1n) is 11.6. The average molecular weight is 506 g/mol. The van der Waals surface area contributed by atoms with Gasteiger partial charge in [-0.2, -0.15) is 0 Å². The van der Waals surface area contributed by atoms with Gasteiger partial charge in [-0.15, -0.1) is 11.3 Å². The summed E-state index contributed by atoms with van der Waals surface area (Å²) in [5.74, 6) is 0. The molecular weight excluding hydrogens is 482 g/mol. The highest BCUT2D eigenvalue weighted by atomic mass is 35.5. The molecule has 2 aromatic heterocycles. The quantitative estimate of drug-likeness (QED) is 0.251. The van der Waals surface area contributed by atoms with Gasteiger partial charge in [0.25, 0.3) is 0 Å². The molecule has 0 aliphatic heterocycles. The number of fused-ring (bicyclic) bond motifs is 1. The van der Waals surface area contributed by atoms with Gasteiger partial charge in [-0.25, -0.2) is 4.99 Å². The molecule has 0 spiro atoms. The molecule has 0 fully saturated rings. The maximum Gasteiger partial charge on any atom is 0.0830 e. The van der Waals surface area contributed by atoms with E-state index >= 15 is 0 Å². The summed E-state index contributed by atoms with van der Waals surface area (Å²) in [6.07, 6.45) is 11.7. The Morgan fingerprint density at radius 3 is 2.39 bits per heavy atom. The third kappa shape index (κ3) is 4.66. The lowest BCUT2D eigenvalue weighted by molar-refractivity contribution is 1.30. The number of thiophene rings is 1. The zero-order valence-electron chi connectivity index (χ0n) is 20.1. The van der Waals surface area contributed by atoms with Gasteiger partial charge in [0.15, 0.2) is 0 Å². The fraction of sp³-hybridized carbons (Fsp3) is 0.0645. The van der Waals surface area contributed by atoms with E-state index in [4.69, 9.17) is 16.6 Å². The summed E-state index contributed by atoms with van der Waals surface area (Å²) in [5.41, 5.74) is 7.70. The van der Waals surface area contributed by atoms with E-state index in [1.54, 1.807) is 23.7 Å². The molecule has 2 aromatic carbocycles. The first-order chi connectivity index (χ1) is 17.6. The summed E-state index contributed by atoms with van der Waals surface area (Å²) in [7, 11) is 1.81. The molecule has 0 saturated carbocycles. The molecule has 0 radical (unpaired) electrons. The van der Waals surface area contributed by atoms with Gasteiger partial charge in [0.05, 0.1) is 27.0 Å². The Morgan fingerprint density at radius 1 is 0.917 bits per heavy atom. The molecule has 0 amide bonds. The van der Waals surface area contributed by atoms with Crippen LogP contribution in [0.15, 0.2) is 119 Å². The lowest BCUT2D eigenvalue weighted by Crippen LogP contribution is -2.04. The lowest BCUT2D eigenvalue weighted by atomic mass is 9.94. The van der Waals surface area contributed by atoms with Crippen LogP contribution < -0.4 is 0 Å². The first-order valence-corrected chi connectivity index (χ1v) is 12.7. The van der Waals surface area contributed by atoms with E-state index in [0.29, 0.717) is 5.70 Å². The van der Waals surface area contributed by atoms with E-state index in [2.05, 4.69) is 66.0 Å². The highest BCUT2D eigenvalue weighted by molar-refractivity contribution is 7.21. The van der Waals surface area contributed by atoms with Crippen LogP contribution in [0.5, 0.6) is 0 Å². The van der Waals surface area contributed by atoms with Crippen molar-refractivity contribution in [3.63, 3.8) is 0 Å². The fourth-order valence-corrected chi connectivity index (χ4v) is 5.77. The average Bonchev–Trinajstić information content (AvgIpc) is 3.26. The predicted molar refractivity (Wildman–Crippen MR) is 156 cm³/mol. The Balaban J connectivity index is 1.47. The number of pyridine rings is 1. The van der Waals surface area contributed by atoms with E-state index < -0.39 is 0 Å². The van der Waals surface area contributed by atoms with E-state index in [0.717, 1.165) is 59.2 Å². The number of nitrogens with zero attached hydrogens (tertiary/aromatic N) is 3. The van der Waals surface area contributed by atoms with Crippen molar-refractivity contribution in [3.05, 3.63) is 136 Å². The molecule has 1 aliphatic rings. The molecular formula is C31H24ClN3S. The van der Waals surface area contributed by atoms with Gasteiger partial charge in [0, 0.05) is 46.2 Å². The van der Waals surface area contributed by atoms with E-state index in [-0.39, 0.29) is 0 Å². The van der Waals surface area contributed by atoms with Crippen LogP contribution in [-0.2, 0) is 0 Å². The van der Waals surface area contributed by atoms with Crippen molar-refractivity contribution in [2.75, 3.05) is 7.05 Å². The van der Waals surface area contributed by atoms with Crippen molar-refractivity contribution in [1.29, 1.82) is 0 Å². The van der Waals surface area contributed by atoms with Gasteiger partial charge < -0.3 is 0 Å². The molecule has 4 aromatic rings. The van der Waals surface area contributed by atoms with E-state index in [1.807, 2.05) is 49.5 Å². The van der Waals surface area contributed by atoms with Gasteiger partial charge in [0.1, 0.15) is 0 Å². The predicted octanol–water partition coefficient (Wildman–Crippen LogP) is 8.43. The number of hydrogen-bond acceptors (Lipinski definition) is 4. The maximum absolute atomic E-state index is 6.75. The zero-order chi connectivity index (χ0) is 25.1. The lowest BCUT2D eigenvalue weighted by Gasteiger charge is -2.14. The Kier molecular flexibility index (Phi) is 6.90. The summed E-state index contributed by atoms with van der Waals surface area (Å²) in [6.45, 7) is 6.27. The van der Waals surface area contributed by atoms with Crippen LogP contribution in [-0.4, -0.2) is 23.5 Å². The zero-order valence-corrected chi connectivity index (χ0v) is 21.6. The highest BCUT2D eigenvalue weighted by Gasteiger charge is 2.17. The summed E-state index contributed by atoms with van der Waals surface area (Å²) < 4.78 is 1.16. The largest absolute Gasteiger partial charge is 0.287 e. The Bertz CT molecular complexity index is 1600. The third-order valence-corrected chi connectivity index (χ3v) is 7.81.